The van der Waals surface area contributed by atoms with Gasteiger partial charge in [0.1, 0.15) is 0 Å². The summed E-state index contributed by atoms with van der Waals surface area (Å²) in [6, 6.07) is 46.8. The Balaban J connectivity index is 1.44. The van der Waals surface area contributed by atoms with Gasteiger partial charge in [0.25, 0.3) is 0 Å². The van der Waals surface area contributed by atoms with Gasteiger partial charge in [-0.3, -0.25) is 0 Å². The molecule has 0 atom stereocenters. The number of benzene rings is 6. The molecule has 0 saturated carbocycles. The van der Waals surface area contributed by atoms with Gasteiger partial charge >= 0.3 is 0 Å². The molecule has 0 aliphatic heterocycles. The summed E-state index contributed by atoms with van der Waals surface area (Å²) in [6.45, 7) is 2.16. The fourth-order valence-electron chi connectivity index (χ4n) is 6.69. The second kappa shape index (κ2) is 8.08. The van der Waals surface area contributed by atoms with Gasteiger partial charge in [-0.1, -0.05) is 66.7 Å². The van der Waals surface area contributed by atoms with Gasteiger partial charge in [0.2, 0.25) is 0 Å². The molecule has 0 bridgehead atoms. The van der Waals surface area contributed by atoms with Crippen LogP contribution < -0.4 is 0 Å². The van der Waals surface area contributed by atoms with E-state index < -0.39 is 0 Å². The first kappa shape index (κ1) is 22.0. The second-order valence-electron chi connectivity index (χ2n) is 10.7. The van der Waals surface area contributed by atoms with Crippen molar-refractivity contribution >= 4 is 75.1 Å². The van der Waals surface area contributed by atoms with Crippen LogP contribution in [0.25, 0.3) is 75.2 Å². The minimum atomic E-state index is 1.20. The highest BCUT2D eigenvalue weighted by atomic mass is 32.1. The molecule has 0 fully saturated rings. The maximum Gasteiger partial charge on any atom is 0.0548 e. The van der Waals surface area contributed by atoms with Crippen LogP contribution in [0.4, 0.5) is 0 Å². The zero-order valence-corrected chi connectivity index (χ0v) is 22.7. The van der Waals surface area contributed by atoms with E-state index in [1.54, 1.807) is 0 Å². The summed E-state index contributed by atoms with van der Waals surface area (Å²) >= 11 is 1.87. The first-order valence-corrected chi connectivity index (χ1v) is 14.5. The fourth-order valence-corrected chi connectivity index (χ4v) is 7.78. The number of para-hydroxylation sites is 2. The molecule has 0 N–H and O–H groups in total. The smallest absolute Gasteiger partial charge is 0.0548 e. The number of aromatic nitrogens is 2. The van der Waals surface area contributed by atoms with Crippen LogP contribution in [0.1, 0.15) is 5.56 Å². The summed E-state index contributed by atoms with van der Waals surface area (Å²) in [5.74, 6) is 0. The lowest BCUT2D eigenvalue weighted by Gasteiger charge is -2.10. The van der Waals surface area contributed by atoms with Crippen molar-refractivity contribution in [2.45, 2.75) is 6.92 Å². The summed E-state index contributed by atoms with van der Waals surface area (Å²) in [5.41, 5.74) is 8.60. The number of aryl methyl sites for hydroxylation is 1. The van der Waals surface area contributed by atoms with Crippen LogP contribution in [0.2, 0.25) is 0 Å². The van der Waals surface area contributed by atoms with Crippen LogP contribution in [0.5, 0.6) is 0 Å². The highest BCUT2D eigenvalue weighted by Gasteiger charge is 2.20. The third kappa shape index (κ3) is 2.93. The molecule has 9 aromatic rings. The minimum Gasteiger partial charge on any atom is -0.309 e. The van der Waals surface area contributed by atoms with E-state index in [2.05, 4.69) is 143 Å². The lowest BCUT2D eigenvalue weighted by atomic mass is 10.1. The van der Waals surface area contributed by atoms with E-state index >= 15 is 0 Å². The van der Waals surface area contributed by atoms with Crippen LogP contribution in [0.15, 0.2) is 127 Å². The van der Waals surface area contributed by atoms with E-state index in [-0.39, 0.29) is 0 Å². The molecule has 0 radical (unpaired) electrons. The molecule has 0 saturated heterocycles. The Hall–Kier alpha value is -4.86. The van der Waals surface area contributed by atoms with E-state index in [0.29, 0.717) is 0 Å². The Labute approximate surface area is 234 Å². The molecule has 3 aromatic heterocycles. The fraction of sp³-hybridized carbons (Fsp3) is 0.0270. The molecule has 2 nitrogen and oxygen atoms in total. The summed E-state index contributed by atoms with van der Waals surface area (Å²) < 4.78 is 7.54. The van der Waals surface area contributed by atoms with E-state index in [1.165, 1.54) is 80.7 Å². The molecule has 3 heterocycles. The maximum absolute atomic E-state index is 2.45. The number of hydrogen-bond donors (Lipinski definition) is 0. The van der Waals surface area contributed by atoms with Crippen molar-refractivity contribution in [1.82, 2.24) is 9.13 Å². The summed E-state index contributed by atoms with van der Waals surface area (Å²) in [4.78, 5) is 0. The first-order chi connectivity index (χ1) is 19.8. The molecule has 40 heavy (non-hydrogen) atoms. The average Bonchev–Trinajstić information content (AvgIpc) is 3.64. The second-order valence-corrected chi connectivity index (χ2v) is 11.8. The molecule has 188 valence electrons. The highest BCUT2D eigenvalue weighted by Crippen LogP contribution is 2.43. The van der Waals surface area contributed by atoms with Gasteiger partial charge in [0.15, 0.2) is 0 Å². The molecule has 0 aliphatic carbocycles. The predicted molar refractivity (Wildman–Crippen MR) is 173 cm³/mol. The number of thiophene rings is 1. The predicted octanol–water partition coefficient (Wildman–Crippen LogP) is 10.6. The Morgan fingerprint density at radius 3 is 1.68 bits per heavy atom. The van der Waals surface area contributed by atoms with Crippen molar-refractivity contribution in [2.24, 2.45) is 0 Å². The molecular formula is C37H24N2S. The molecule has 0 aliphatic rings. The van der Waals surface area contributed by atoms with Gasteiger partial charge in [0.05, 0.1) is 22.1 Å². The summed E-state index contributed by atoms with van der Waals surface area (Å²) in [7, 11) is 0. The van der Waals surface area contributed by atoms with Crippen LogP contribution in [0, 0.1) is 6.92 Å². The SMILES string of the molecule is Cc1cccc(-n2c3ccccc3c3c4c5ccccc5n(-c5ccc6sc7ccccc7c6c5)c4ccc32)c1. The Kier molecular flexibility index (Phi) is 4.44. The third-order valence-corrected chi connectivity index (χ3v) is 9.50. The van der Waals surface area contributed by atoms with Crippen molar-refractivity contribution in [3.8, 4) is 11.4 Å². The maximum atomic E-state index is 2.45. The largest absolute Gasteiger partial charge is 0.309 e. The Morgan fingerprint density at radius 2 is 1.00 bits per heavy atom. The number of nitrogens with zero attached hydrogens (tertiary/aromatic N) is 2. The van der Waals surface area contributed by atoms with Crippen molar-refractivity contribution in [3.05, 3.63) is 133 Å². The van der Waals surface area contributed by atoms with E-state index in [4.69, 9.17) is 0 Å². The van der Waals surface area contributed by atoms with Gasteiger partial charge in [-0.25, -0.2) is 0 Å². The van der Waals surface area contributed by atoms with Crippen LogP contribution in [0.3, 0.4) is 0 Å². The number of hydrogen-bond acceptors (Lipinski definition) is 1. The van der Waals surface area contributed by atoms with E-state index in [9.17, 15) is 0 Å². The summed E-state index contributed by atoms with van der Waals surface area (Å²) in [6.07, 6.45) is 0. The van der Waals surface area contributed by atoms with Gasteiger partial charge in [-0.2, -0.15) is 0 Å². The molecule has 9 rings (SSSR count). The first-order valence-electron chi connectivity index (χ1n) is 13.7. The highest BCUT2D eigenvalue weighted by molar-refractivity contribution is 7.25. The van der Waals surface area contributed by atoms with E-state index in [0.717, 1.165) is 0 Å². The van der Waals surface area contributed by atoms with Crippen LogP contribution in [-0.4, -0.2) is 9.13 Å². The Bertz CT molecular complexity index is 2450. The lowest BCUT2D eigenvalue weighted by Crippen LogP contribution is -1.95. The Morgan fingerprint density at radius 1 is 0.425 bits per heavy atom. The number of fused-ring (bicyclic) bond motifs is 10. The molecule has 3 heteroatoms. The monoisotopic (exact) mass is 528 g/mol. The van der Waals surface area contributed by atoms with Crippen LogP contribution >= 0.6 is 11.3 Å². The zero-order chi connectivity index (χ0) is 26.4. The molecule has 6 aromatic carbocycles. The molecule has 0 amide bonds. The van der Waals surface area contributed by atoms with Crippen molar-refractivity contribution < 1.29 is 0 Å². The molecule has 0 spiro atoms. The quantitative estimate of drug-likeness (QED) is 0.211. The van der Waals surface area contributed by atoms with Crippen molar-refractivity contribution in [3.63, 3.8) is 0 Å². The molecule has 0 unspecified atom stereocenters. The van der Waals surface area contributed by atoms with Gasteiger partial charge in [-0.05, 0) is 73.2 Å². The topological polar surface area (TPSA) is 9.86 Å². The van der Waals surface area contributed by atoms with Crippen molar-refractivity contribution in [2.75, 3.05) is 0 Å². The van der Waals surface area contributed by atoms with Gasteiger partial charge < -0.3 is 9.13 Å². The zero-order valence-electron chi connectivity index (χ0n) is 21.9. The third-order valence-electron chi connectivity index (χ3n) is 8.35. The lowest BCUT2D eigenvalue weighted by molar-refractivity contribution is 1.17. The normalized spacial score (nSPS) is 12.1. The van der Waals surface area contributed by atoms with Crippen LogP contribution in [-0.2, 0) is 0 Å². The van der Waals surface area contributed by atoms with Crippen molar-refractivity contribution in [1.29, 1.82) is 0 Å². The minimum absolute atomic E-state index is 1.20. The van der Waals surface area contributed by atoms with Gasteiger partial charge in [0, 0.05) is 53.1 Å². The summed E-state index contributed by atoms with van der Waals surface area (Å²) in [5, 5.41) is 7.84. The average molecular weight is 529 g/mol. The number of rotatable bonds is 2. The van der Waals surface area contributed by atoms with E-state index in [1.807, 2.05) is 11.3 Å². The van der Waals surface area contributed by atoms with Gasteiger partial charge in [-0.15, -0.1) is 11.3 Å². The standard InChI is InChI=1S/C37H24N2S/c1-23-9-8-10-24(21-23)38-30-14-5-2-12-27(30)36-32(38)18-19-33-37(36)28-13-3-6-15-31(28)39(33)25-17-20-35-29(22-25)26-11-4-7-16-34(26)40-35/h2-22H,1H3. The molecular weight excluding hydrogens is 504 g/mol.